The van der Waals surface area contributed by atoms with E-state index in [2.05, 4.69) is 20.9 Å². The number of hydrogen-bond donors (Lipinski definition) is 1. The van der Waals surface area contributed by atoms with Gasteiger partial charge in [-0.1, -0.05) is 22.0 Å². The molecule has 130 valence electrons. The number of rotatable bonds is 2. The van der Waals surface area contributed by atoms with E-state index in [0.717, 1.165) is 5.57 Å². The molecule has 5 nitrogen and oxygen atoms in total. The van der Waals surface area contributed by atoms with Crippen molar-refractivity contribution >= 4 is 44.5 Å². The number of carbonyl (C=O) groups is 1. The molecule has 1 aliphatic heterocycles. The predicted molar refractivity (Wildman–Crippen MR) is 99.6 cm³/mol. The van der Waals surface area contributed by atoms with Crippen molar-refractivity contribution in [3.8, 4) is 0 Å². The Morgan fingerprint density at radius 1 is 1.27 bits per heavy atom. The van der Waals surface area contributed by atoms with Gasteiger partial charge in [0.1, 0.15) is 11.6 Å². The third kappa shape index (κ3) is 2.74. The fraction of sp³-hybridized carbons (Fsp3) is 0.105. The number of carboxylic acids is 1. The van der Waals surface area contributed by atoms with Crippen LogP contribution < -0.4 is 5.56 Å². The largest absolute Gasteiger partial charge is 0.478 e. The normalized spacial score (nSPS) is 14.8. The number of nitrogens with zero attached hydrogens (tertiary/aromatic N) is 2. The molecule has 0 unspecified atom stereocenters. The lowest BCUT2D eigenvalue weighted by atomic mass is 10.1. The van der Waals surface area contributed by atoms with Crippen molar-refractivity contribution < 1.29 is 14.3 Å². The summed E-state index contributed by atoms with van der Waals surface area (Å²) < 4.78 is 16.3. The van der Waals surface area contributed by atoms with Gasteiger partial charge in [0.05, 0.1) is 16.5 Å². The summed E-state index contributed by atoms with van der Waals surface area (Å²) in [6.45, 7) is 0.460. The van der Waals surface area contributed by atoms with Crippen LogP contribution in [0.5, 0.6) is 0 Å². The topological polar surface area (TPSA) is 72.2 Å². The molecule has 0 amide bonds. The van der Waals surface area contributed by atoms with E-state index < -0.39 is 5.97 Å². The summed E-state index contributed by atoms with van der Waals surface area (Å²) in [5, 5.41) is 9.51. The first-order valence-corrected chi connectivity index (χ1v) is 8.67. The van der Waals surface area contributed by atoms with Gasteiger partial charge in [0.15, 0.2) is 0 Å². The van der Waals surface area contributed by atoms with Crippen molar-refractivity contribution in [1.82, 2.24) is 9.55 Å². The van der Waals surface area contributed by atoms with Gasteiger partial charge in [-0.3, -0.25) is 9.36 Å². The number of benzene rings is 2. The minimum atomic E-state index is -1.08. The number of halogens is 2. The Hall–Kier alpha value is -2.80. The molecule has 4 rings (SSSR count). The predicted octanol–water partition coefficient (Wildman–Crippen LogP) is 3.94. The van der Waals surface area contributed by atoms with Crippen molar-refractivity contribution in [2.45, 2.75) is 13.0 Å². The molecule has 2 aromatic carbocycles. The van der Waals surface area contributed by atoms with Crippen molar-refractivity contribution in [1.29, 1.82) is 0 Å². The Morgan fingerprint density at radius 3 is 2.81 bits per heavy atom. The van der Waals surface area contributed by atoms with Gasteiger partial charge < -0.3 is 5.11 Å². The molecule has 0 aliphatic carbocycles. The monoisotopic (exact) mass is 414 g/mol. The SMILES string of the molecule is O=C(O)c1ccc2c(=O)n3c(nc2c1)/C(=C/c1ccc(Br)cc1F)CC3. The van der Waals surface area contributed by atoms with E-state index in [-0.39, 0.29) is 16.9 Å². The summed E-state index contributed by atoms with van der Waals surface area (Å²) >= 11 is 3.22. The van der Waals surface area contributed by atoms with E-state index in [1.54, 1.807) is 22.8 Å². The maximum absolute atomic E-state index is 14.1. The lowest BCUT2D eigenvalue weighted by Crippen LogP contribution is -2.21. The van der Waals surface area contributed by atoms with Gasteiger partial charge in [-0.2, -0.15) is 0 Å². The molecule has 1 aromatic heterocycles. The second kappa shape index (κ2) is 6.17. The van der Waals surface area contributed by atoms with Crippen LogP contribution in [0.4, 0.5) is 4.39 Å². The van der Waals surface area contributed by atoms with Gasteiger partial charge in [0.2, 0.25) is 0 Å². The average molecular weight is 415 g/mol. The number of aromatic nitrogens is 2. The molecule has 26 heavy (non-hydrogen) atoms. The second-order valence-electron chi connectivity index (χ2n) is 6.01. The Morgan fingerprint density at radius 2 is 2.08 bits per heavy atom. The molecule has 0 spiro atoms. The summed E-state index contributed by atoms with van der Waals surface area (Å²) in [7, 11) is 0. The van der Waals surface area contributed by atoms with Crippen LogP contribution in [-0.4, -0.2) is 20.6 Å². The third-order valence-corrected chi connectivity index (χ3v) is 4.88. The first-order valence-electron chi connectivity index (χ1n) is 7.88. The summed E-state index contributed by atoms with van der Waals surface area (Å²) in [6, 6.07) is 9.03. The zero-order valence-electron chi connectivity index (χ0n) is 13.4. The fourth-order valence-corrected chi connectivity index (χ4v) is 3.43. The van der Waals surface area contributed by atoms with Gasteiger partial charge >= 0.3 is 5.97 Å². The summed E-state index contributed by atoms with van der Waals surface area (Å²) in [5.41, 5.74) is 1.32. The van der Waals surface area contributed by atoms with E-state index in [0.29, 0.717) is 39.7 Å². The highest BCUT2D eigenvalue weighted by Gasteiger charge is 2.21. The molecule has 0 atom stereocenters. The van der Waals surface area contributed by atoms with Gasteiger partial charge in [-0.15, -0.1) is 0 Å². The van der Waals surface area contributed by atoms with Gasteiger partial charge in [0, 0.05) is 16.6 Å². The highest BCUT2D eigenvalue weighted by molar-refractivity contribution is 9.10. The van der Waals surface area contributed by atoms with E-state index in [1.807, 2.05) is 0 Å². The van der Waals surface area contributed by atoms with Crippen molar-refractivity contribution in [3.05, 3.63) is 74.0 Å². The number of carboxylic acid groups (broad SMARTS) is 1. The average Bonchev–Trinajstić information content (AvgIpc) is 3.00. The standard InChI is InChI=1S/C19H12BrFN2O3/c20-13-3-1-10(15(21)9-13)7-11-5-6-23-17(11)22-16-8-12(19(25)26)2-4-14(16)18(23)24/h1-4,7-9H,5-6H2,(H,25,26)/b11-7+. The molecule has 0 bridgehead atoms. The van der Waals surface area contributed by atoms with Gasteiger partial charge in [-0.25, -0.2) is 14.2 Å². The van der Waals surface area contributed by atoms with Crippen molar-refractivity contribution in [3.63, 3.8) is 0 Å². The van der Waals surface area contributed by atoms with E-state index in [1.165, 1.54) is 24.3 Å². The first kappa shape index (κ1) is 16.7. The quantitative estimate of drug-likeness (QED) is 0.689. The van der Waals surface area contributed by atoms with Crippen LogP contribution in [0, 0.1) is 5.82 Å². The minimum Gasteiger partial charge on any atom is -0.478 e. The molecule has 0 radical (unpaired) electrons. The maximum Gasteiger partial charge on any atom is 0.335 e. The summed E-state index contributed by atoms with van der Waals surface area (Å²) in [4.78, 5) is 28.3. The zero-order valence-corrected chi connectivity index (χ0v) is 15.0. The van der Waals surface area contributed by atoms with Crippen molar-refractivity contribution in [2.75, 3.05) is 0 Å². The van der Waals surface area contributed by atoms with E-state index in [9.17, 15) is 14.0 Å². The van der Waals surface area contributed by atoms with Crippen LogP contribution in [0.1, 0.15) is 28.2 Å². The Balaban J connectivity index is 1.90. The molecule has 7 heteroatoms. The molecular formula is C19H12BrFN2O3. The van der Waals surface area contributed by atoms with Gasteiger partial charge in [0.25, 0.3) is 5.56 Å². The first-order chi connectivity index (χ1) is 12.4. The lowest BCUT2D eigenvalue weighted by Gasteiger charge is -2.06. The van der Waals surface area contributed by atoms with Crippen LogP contribution in [0.25, 0.3) is 22.6 Å². The number of hydrogen-bond acceptors (Lipinski definition) is 3. The van der Waals surface area contributed by atoms with Crippen molar-refractivity contribution in [2.24, 2.45) is 0 Å². The summed E-state index contributed by atoms with van der Waals surface area (Å²) in [6.07, 6.45) is 2.24. The minimum absolute atomic E-state index is 0.0665. The molecule has 0 saturated carbocycles. The molecule has 1 N–H and O–H groups in total. The van der Waals surface area contributed by atoms with E-state index >= 15 is 0 Å². The smallest absolute Gasteiger partial charge is 0.335 e. The van der Waals surface area contributed by atoms with Crippen LogP contribution >= 0.6 is 15.9 Å². The lowest BCUT2D eigenvalue weighted by molar-refractivity contribution is 0.0697. The highest BCUT2D eigenvalue weighted by Crippen LogP contribution is 2.29. The summed E-state index contributed by atoms with van der Waals surface area (Å²) in [5.74, 6) is -1.00. The number of aromatic carboxylic acids is 1. The molecule has 3 aromatic rings. The Bertz CT molecular complexity index is 1170. The molecule has 2 heterocycles. The van der Waals surface area contributed by atoms with E-state index in [4.69, 9.17) is 5.11 Å². The Kier molecular flexibility index (Phi) is 3.96. The van der Waals surface area contributed by atoms with Crippen LogP contribution in [-0.2, 0) is 6.54 Å². The maximum atomic E-state index is 14.1. The number of fused-ring (bicyclic) bond motifs is 2. The molecule has 1 aliphatic rings. The molecular weight excluding hydrogens is 403 g/mol. The molecule has 0 fully saturated rings. The highest BCUT2D eigenvalue weighted by atomic mass is 79.9. The number of allylic oxidation sites excluding steroid dienone is 1. The zero-order chi connectivity index (χ0) is 18.4. The van der Waals surface area contributed by atoms with Crippen LogP contribution in [0.15, 0.2) is 45.7 Å². The fourth-order valence-electron chi connectivity index (χ4n) is 3.09. The molecule has 0 saturated heterocycles. The van der Waals surface area contributed by atoms with Crippen LogP contribution in [0.2, 0.25) is 0 Å². The Labute approximate surface area is 155 Å². The second-order valence-corrected chi connectivity index (χ2v) is 6.93. The third-order valence-electron chi connectivity index (χ3n) is 4.39. The van der Waals surface area contributed by atoms with Gasteiger partial charge in [-0.05, 0) is 48.4 Å². The van der Waals surface area contributed by atoms with Crippen LogP contribution in [0.3, 0.4) is 0 Å².